The quantitative estimate of drug-likeness (QED) is 0.644. The second-order valence-corrected chi connectivity index (χ2v) is 9.09. The molecule has 9 heteroatoms. The third-order valence-electron chi connectivity index (χ3n) is 7.26. The summed E-state index contributed by atoms with van der Waals surface area (Å²) in [5.74, 6) is -1.52. The maximum atomic E-state index is 13.0. The van der Waals surface area contributed by atoms with E-state index < -0.39 is 23.8 Å². The highest BCUT2D eigenvalue weighted by Crippen LogP contribution is 2.42. The van der Waals surface area contributed by atoms with Crippen molar-refractivity contribution < 1.29 is 23.9 Å². The number of nitrogens with zero attached hydrogens (tertiary/aromatic N) is 2. The molecule has 164 valence electrons. The van der Waals surface area contributed by atoms with Crippen LogP contribution in [0.4, 0.5) is 0 Å². The van der Waals surface area contributed by atoms with Gasteiger partial charge < -0.3 is 10.5 Å². The van der Waals surface area contributed by atoms with E-state index in [0.29, 0.717) is 30.1 Å². The smallest absolute Gasteiger partial charge is 0.262 e. The molecule has 0 radical (unpaired) electrons. The van der Waals surface area contributed by atoms with E-state index in [0.717, 1.165) is 43.2 Å². The zero-order valence-electron chi connectivity index (χ0n) is 17.3. The van der Waals surface area contributed by atoms with Crippen LogP contribution in [0.1, 0.15) is 45.5 Å². The second-order valence-electron chi connectivity index (χ2n) is 9.09. The summed E-state index contributed by atoms with van der Waals surface area (Å²) < 4.78 is 5.66. The van der Waals surface area contributed by atoms with Crippen molar-refractivity contribution in [1.82, 2.24) is 15.1 Å². The maximum Gasteiger partial charge on any atom is 0.262 e. The lowest BCUT2D eigenvalue weighted by atomic mass is 9.74. The molecular formula is C22H26N4O5. The largest absolute Gasteiger partial charge is 0.381 e. The fraction of sp³-hybridized carbons (Fsp3) is 0.545. The van der Waals surface area contributed by atoms with Gasteiger partial charge in [0, 0.05) is 44.0 Å². The van der Waals surface area contributed by atoms with Gasteiger partial charge in [0.1, 0.15) is 6.04 Å². The predicted octanol–water partition coefficient (Wildman–Crippen LogP) is -0.115. The van der Waals surface area contributed by atoms with Crippen molar-refractivity contribution in [2.24, 2.45) is 17.1 Å². The molecule has 3 saturated heterocycles. The number of nitrogens with one attached hydrogen (secondary N) is 1. The van der Waals surface area contributed by atoms with Gasteiger partial charge in [-0.15, -0.1) is 0 Å². The van der Waals surface area contributed by atoms with Crippen LogP contribution in [0.2, 0.25) is 0 Å². The zero-order chi connectivity index (χ0) is 21.8. The molecule has 1 aromatic rings. The molecule has 4 aliphatic rings. The van der Waals surface area contributed by atoms with Gasteiger partial charge in [0.05, 0.1) is 17.7 Å². The van der Waals surface area contributed by atoms with E-state index >= 15 is 0 Å². The summed E-state index contributed by atoms with van der Waals surface area (Å²) in [6.45, 7) is 4.55. The standard InChI is InChI=1S/C22H26N4O5/c23-11-22-5-6-31-10-14(22)9-25(12-22)8-13-1-2-15-16(7-13)21(30)26(20(15)29)17-3-4-18(27)24-19(17)28/h1-2,7,14,17H,3-6,8-12,23H2,(H,24,27,28)/t14-,17?,22+/m0/s1. The fourth-order valence-electron chi connectivity index (χ4n) is 5.49. The topological polar surface area (TPSA) is 122 Å². The maximum absolute atomic E-state index is 13.0. The summed E-state index contributed by atoms with van der Waals surface area (Å²) >= 11 is 0. The monoisotopic (exact) mass is 426 g/mol. The molecule has 0 aromatic heterocycles. The average Bonchev–Trinajstić information content (AvgIpc) is 3.24. The van der Waals surface area contributed by atoms with Crippen molar-refractivity contribution >= 4 is 23.6 Å². The Morgan fingerprint density at radius 3 is 2.71 bits per heavy atom. The van der Waals surface area contributed by atoms with Crippen LogP contribution in [0.3, 0.4) is 0 Å². The van der Waals surface area contributed by atoms with Gasteiger partial charge in [-0.05, 0) is 37.1 Å². The number of benzene rings is 1. The highest BCUT2D eigenvalue weighted by Gasteiger charge is 2.48. The number of rotatable bonds is 4. The van der Waals surface area contributed by atoms with Gasteiger partial charge in [0.2, 0.25) is 11.8 Å². The molecule has 31 heavy (non-hydrogen) atoms. The summed E-state index contributed by atoms with van der Waals surface area (Å²) in [6, 6.07) is 4.35. The van der Waals surface area contributed by atoms with E-state index in [1.165, 1.54) is 0 Å². The van der Waals surface area contributed by atoms with Crippen LogP contribution in [0.25, 0.3) is 0 Å². The van der Waals surface area contributed by atoms with Gasteiger partial charge in [-0.2, -0.15) is 0 Å². The van der Waals surface area contributed by atoms with E-state index in [1.807, 2.05) is 6.07 Å². The van der Waals surface area contributed by atoms with Gasteiger partial charge in [-0.1, -0.05) is 6.07 Å². The number of fused-ring (bicyclic) bond motifs is 2. The number of ether oxygens (including phenoxy) is 1. The number of likely N-dealkylation sites (tertiary alicyclic amines) is 1. The summed E-state index contributed by atoms with van der Waals surface area (Å²) in [5, 5.41) is 2.22. The van der Waals surface area contributed by atoms with Gasteiger partial charge in [0.15, 0.2) is 0 Å². The molecule has 3 fully saturated rings. The third kappa shape index (κ3) is 3.28. The predicted molar refractivity (Wildman–Crippen MR) is 109 cm³/mol. The lowest BCUT2D eigenvalue weighted by Crippen LogP contribution is -2.54. The van der Waals surface area contributed by atoms with Gasteiger partial charge in [-0.3, -0.25) is 34.3 Å². The van der Waals surface area contributed by atoms with Crippen LogP contribution < -0.4 is 11.1 Å². The summed E-state index contributed by atoms with van der Waals surface area (Å²) in [7, 11) is 0. The molecule has 0 bridgehead atoms. The third-order valence-corrected chi connectivity index (χ3v) is 7.26. The minimum atomic E-state index is -0.945. The number of hydrogen-bond donors (Lipinski definition) is 2. The molecule has 3 N–H and O–H groups in total. The molecule has 0 aliphatic carbocycles. The summed E-state index contributed by atoms with van der Waals surface area (Å²) in [5.41, 5.74) is 7.78. The molecule has 5 rings (SSSR count). The molecule has 0 saturated carbocycles. The molecule has 4 heterocycles. The van der Waals surface area contributed by atoms with Crippen molar-refractivity contribution in [3.8, 4) is 0 Å². The number of amides is 4. The van der Waals surface area contributed by atoms with E-state index in [2.05, 4.69) is 10.2 Å². The Morgan fingerprint density at radius 1 is 1.16 bits per heavy atom. The minimum absolute atomic E-state index is 0.0866. The lowest BCUT2D eigenvalue weighted by molar-refractivity contribution is -0.136. The first-order valence-electron chi connectivity index (χ1n) is 10.8. The Labute approximate surface area is 179 Å². The minimum Gasteiger partial charge on any atom is -0.381 e. The number of imide groups is 2. The molecule has 0 spiro atoms. The molecule has 4 aliphatic heterocycles. The van der Waals surface area contributed by atoms with E-state index in [-0.39, 0.29) is 24.2 Å². The number of hydrogen-bond acceptors (Lipinski definition) is 7. The molecule has 4 amide bonds. The Bertz CT molecular complexity index is 979. The van der Waals surface area contributed by atoms with E-state index in [9.17, 15) is 19.2 Å². The Hall–Kier alpha value is -2.62. The van der Waals surface area contributed by atoms with Crippen molar-refractivity contribution in [3.63, 3.8) is 0 Å². The van der Waals surface area contributed by atoms with Crippen LogP contribution >= 0.6 is 0 Å². The van der Waals surface area contributed by atoms with Crippen molar-refractivity contribution in [1.29, 1.82) is 0 Å². The van der Waals surface area contributed by atoms with Crippen molar-refractivity contribution in [2.45, 2.75) is 31.8 Å². The first kappa shape index (κ1) is 20.3. The highest BCUT2D eigenvalue weighted by molar-refractivity contribution is 6.23. The summed E-state index contributed by atoms with van der Waals surface area (Å²) in [4.78, 5) is 52.8. The second kappa shape index (κ2) is 7.51. The molecule has 1 unspecified atom stereocenters. The molecule has 1 aromatic carbocycles. The van der Waals surface area contributed by atoms with Crippen LogP contribution in [0, 0.1) is 11.3 Å². The van der Waals surface area contributed by atoms with Gasteiger partial charge in [0.25, 0.3) is 11.8 Å². The number of nitrogens with two attached hydrogens (primary N) is 1. The number of carbonyl (C=O) groups excluding carboxylic acids is 4. The van der Waals surface area contributed by atoms with E-state index in [4.69, 9.17) is 10.5 Å². The van der Waals surface area contributed by atoms with Crippen LogP contribution in [0.15, 0.2) is 18.2 Å². The lowest BCUT2D eigenvalue weighted by Gasteiger charge is -2.37. The zero-order valence-corrected chi connectivity index (χ0v) is 17.3. The average molecular weight is 426 g/mol. The van der Waals surface area contributed by atoms with Crippen molar-refractivity contribution in [2.75, 3.05) is 32.8 Å². The SMILES string of the molecule is NC[C@@]12CCOC[C@@H]1CN(Cc1ccc3c(c1)C(=O)N(C1CCC(=O)NC1=O)C3=O)C2. The van der Waals surface area contributed by atoms with E-state index in [1.54, 1.807) is 12.1 Å². The first-order valence-corrected chi connectivity index (χ1v) is 10.8. The highest BCUT2D eigenvalue weighted by atomic mass is 16.5. The Balaban J connectivity index is 1.34. The van der Waals surface area contributed by atoms with Gasteiger partial charge >= 0.3 is 0 Å². The number of carbonyl (C=O) groups is 4. The fourth-order valence-corrected chi connectivity index (χ4v) is 5.49. The normalized spacial score (nSPS) is 31.1. The first-order chi connectivity index (χ1) is 14.9. The van der Waals surface area contributed by atoms with Gasteiger partial charge in [-0.25, -0.2) is 0 Å². The Kier molecular flexibility index (Phi) is 4.91. The number of piperidine rings is 1. The van der Waals surface area contributed by atoms with Crippen LogP contribution in [-0.2, 0) is 20.9 Å². The van der Waals surface area contributed by atoms with Crippen LogP contribution in [-0.4, -0.2) is 72.3 Å². The van der Waals surface area contributed by atoms with Crippen molar-refractivity contribution in [3.05, 3.63) is 34.9 Å². The molecular weight excluding hydrogens is 400 g/mol. The molecule has 9 nitrogen and oxygen atoms in total. The molecule has 3 atom stereocenters. The Morgan fingerprint density at radius 2 is 1.97 bits per heavy atom. The summed E-state index contributed by atoms with van der Waals surface area (Å²) in [6.07, 6.45) is 1.22. The van der Waals surface area contributed by atoms with Crippen LogP contribution in [0.5, 0.6) is 0 Å².